The quantitative estimate of drug-likeness (QED) is 0.273. The molecule has 0 amide bonds. The molecule has 2 aromatic rings. The van der Waals surface area contributed by atoms with E-state index < -0.39 is 12.2 Å². The highest BCUT2D eigenvalue weighted by Crippen LogP contribution is 2.35. The Hall–Kier alpha value is -1.49. The summed E-state index contributed by atoms with van der Waals surface area (Å²) in [6, 6.07) is 9.53. The maximum absolute atomic E-state index is 10.2. The van der Waals surface area contributed by atoms with Crippen LogP contribution in [0.2, 0.25) is 5.02 Å². The first-order valence-electron chi connectivity index (χ1n) is 11.9. The molecule has 4 nitrogen and oxygen atoms in total. The maximum Gasteiger partial charge on any atom is 0.138 e. The number of rotatable bonds is 16. The molecule has 0 saturated heterocycles. The summed E-state index contributed by atoms with van der Waals surface area (Å²) in [7, 11) is 0. The van der Waals surface area contributed by atoms with E-state index in [1.54, 1.807) is 0 Å². The van der Waals surface area contributed by atoms with Gasteiger partial charge in [0.05, 0.1) is 17.2 Å². The largest absolute Gasteiger partial charge is 0.491 e. The number of hydrogen-bond acceptors (Lipinski definition) is 4. The zero-order valence-electron chi connectivity index (χ0n) is 19.1. The summed E-state index contributed by atoms with van der Waals surface area (Å²) < 4.78 is 11.6. The Morgan fingerprint density at radius 2 is 1.35 bits per heavy atom. The van der Waals surface area contributed by atoms with E-state index in [0.29, 0.717) is 16.5 Å². The number of unbranched alkanes of at least 4 members (excludes halogenated alkanes) is 6. The van der Waals surface area contributed by atoms with Crippen LogP contribution in [0.15, 0.2) is 30.3 Å². The highest BCUT2D eigenvalue weighted by Gasteiger charge is 2.12. The fourth-order valence-corrected chi connectivity index (χ4v) is 3.88. The number of ether oxygens (including phenoxy) is 2. The van der Waals surface area contributed by atoms with E-state index in [2.05, 4.69) is 13.8 Å². The standard InChI is InChI=1S/C26H39ClO4/c1-3-5-7-9-11-21(28)18-30-23-15-13-20-14-16-25(26(27)24(20)17-23)31-19-22(29)12-10-8-6-4-2/h13-17,21-22,28-29H,3-12,18-19H2,1-2H3. The molecular formula is C26H39ClO4. The first kappa shape index (κ1) is 25.8. The Morgan fingerprint density at radius 1 is 0.774 bits per heavy atom. The van der Waals surface area contributed by atoms with Crippen LogP contribution in [0.4, 0.5) is 0 Å². The first-order chi connectivity index (χ1) is 15.0. The van der Waals surface area contributed by atoms with Crippen molar-refractivity contribution in [1.82, 2.24) is 0 Å². The minimum atomic E-state index is -0.489. The Morgan fingerprint density at radius 3 is 1.97 bits per heavy atom. The van der Waals surface area contributed by atoms with Crippen molar-refractivity contribution in [2.45, 2.75) is 90.3 Å². The maximum atomic E-state index is 10.2. The van der Waals surface area contributed by atoms with Crippen LogP contribution in [0, 0.1) is 0 Å². The van der Waals surface area contributed by atoms with Crippen LogP contribution in [-0.2, 0) is 0 Å². The van der Waals surface area contributed by atoms with Crippen LogP contribution in [0.25, 0.3) is 10.8 Å². The first-order valence-corrected chi connectivity index (χ1v) is 12.3. The van der Waals surface area contributed by atoms with E-state index in [9.17, 15) is 10.2 Å². The van der Waals surface area contributed by atoms with Crippen LogP contribution in [0.3, 0.4) is 0 Å². The average Bonchev–Trinajstić information content (AvgIpc) is 2.78. The van der Waals surface area contributed by atoms with Crippen molar-refractivity contribution in [2.75, 3.05) is 13.2 Å². The Bertz CT molecular complexity index is 759. The predicted molar refractivity (Wildman–Crippen MR) is 129 cm³/mol. The minimum absolute atomic E-state index is 0.234. The van der Waals surface area contributed by atoms with Gasteiger partial charge < -0.3 is 19.7 Å². The summed E-state index contributed by atoms with van der Waals surface area (Å²) in [5, 5.41) is 22.6. The Kier molecular flexibility index (Phi) is 12.1. The normalized spacial score (nSPS) is 13.3. The summed E-state index contributed by atoms with van der Waals surface area (Å²) >= 11 is 6.59. The van der Waals surface area contributed by atoms with Crippen LogP contribution in [0.1, 0.15) is 78.1 Å². The molecule has 2 aromatic carbocycles. The van der Waals surface area contributed by atoms with E-state index in [-0.39, 0.29) is 13.2 Å². The number of aliphatic hydroxyl groups is 2. The van der Waals surface area contributed by atoms with Gasteiger partial charge in [-0.1, -0.05) is 88.9 Å². The van der Waals surface area contributed by atoms with E-state index >= 15 is 0 Å². The van der Waals surface area contributed by atoms with E-state index in [1.807, 2.05) is 30.3 Å². The van der Waals surface area contributed by atoms with E-state index in [0.717, 1.165) is 49.3 Å². The van der Waals surface area contributed by atoms with Crippen molar-refractivity contribution in [3.05, 3.63) is 35.4 Å². The third-order valence-corrected chi connectivity index (χ3v) is 5.94. The van der Waals surface area contributed by atoms with Crippen molar-refractivity contribution in [3.8, 4) is 11.5 Å². The molecule has 2 unspecified atom stereocenters. The fourth-order valence-electron chi connectivity index (χ4n) is 3.60. The van der Waals surface area contributed by atoms with E-state index in [4.69, 9.17) is 21.1 Å². The lowest BCUT2D eigenvalue weighted by molar-refractivity contribution is 0.0975. The average molecular weight is 451 g/mol. The van der Waals surface area contributed by atoms with Crippen molar-refractivity contribution < 1.29 is 19.7 Å². The SMILES string of the molecule is CCCCCCC(O)COc1ccc2ccc(OCC(O)CCCCCC)c(Cl)c2c1. The topological polar surface area (TPSA) is 58.9 Å². The van der Waals surface area contributed by atoms with Gasteiger partial charge in [-0.3, -0.25) is 0 Å². The second-order valence-electron chi connectivity index (χ2n) is 8.39. The summed E-state index contributed by atoms with van der Waals surface area (Å²) in [5.41, 5.74) is 0. The summed E-state index contributed by atoms with van der Waals surface area (Å²) in [6.45, 7) is 4.86. The molecule has 0 saturated carbocycles. The fraction of sp³-hybridized carbons (Fsp3) is 0.615. The third-order valence-electron chi connectivity index (χ3n) is 5.55. The van der Waals surface area contributed by atoms with E-state index in [1.165, 1.54) is 25.7 Å². The van der Waals surface area contributed by atoms with Gasteiger partial charge in [0, 0.05) is 5.39 Å². The Balaban J connectivity index is 1.90. The van der Waals surface area contributed by atoms with Gasteiger partial charge in [0.15, 0.2) is 0 Å². The highest BCUT2D eigenvalue weighted by molar-refractivity contribution is 6.37. The molecule has 2 N–H and O–H groups in total. The van der Waals surface area contributed by atoms with Gasteiger partial charge in [0.1, 0.15) is 24.7 Å². The second kappa shape index (κ2) is 14.5. The lowest BCUT2D eigenvalue weighted by Crippen LogP contribution is -2.17. The van der Waals surface area contributed by atoms with Crippen molar-refractivity contribution in [2.24, 2.45) is 0 Å². The van der Waals surface area contributed by atoms with Gasteiger partial charge in [-0.05, 0) is 36.4 Å². The number of benzene rings is 2. The lowest BCUT2D eigenvalue weighted by Gasteiger charge is -2.15. The monoisotopic (exact) mass is 450 g/mol. The molecule has 0 aromatic heterocycles. The molecule has 0 spiro atoms. The van der Waals surface area contributed by atoms with Crippen LogP contribution >= 0.6 is 11.6 Å². The number of halogens is 1. The molecule has 5 heteroatoms. The van der Waals surface area contributed by atoms with Crippen molar-refractivity contribution >= 4 is 22.4 Å². The summed E-state index contributed by atoms with van der Waals surface area (Å²) in [5.74, 6) is 1.24. The zero-order valence-corrected chi connectivity index (χ0v) is 19.9. The van der Waals surface area contributed by atoms with Crippen LogP contribution in [-0.4, -0.2) is 35.6 Å². The molecule has 0 bridgehead atoms. The highest BCUT2D eigenvalue weighted by atomic mass is 35.5. The number of fused-ring (bicyclic) bond motifs is 1. The lowest BCUT2D eigenvalue weighted by atomic mass is 10.1. The van der Waals surface area contributed by atoms with Crippen molar-refractivity contribution in [1.29, 1.82) is 0 Å². The molecule has 0 heterocycles. The smallest absolute Gasteiger partial charge is 0.138 e. The molecule has 0 aliphatic carbocycles. The van der Waals surface area contributed by atoms with Crippen LogP contribution in [0.5, 0.6) is 11.5 Å². The molecule has 2 atom stereocenters. The molecule has 0 aliphatic rings. The van der Waals surface area contributed by atoms with Gasteiger partial charge in [0.25, 0.3) is 0 Å². The number of aliphatic hydroxyl groups excluding tert-OH is 2. The number of hydrogen-bond donors (Lipinski definition) is 2. The zero-order chi connectivity index (χ0) is 22.5. The molecule has 0 fully saturated rings. The molecular weight excluding hydrogens is 412 g/mol. The molecule has 174 valence electrons. The molecule has 0 radical (unpaired) electrons. The minimum Gasteiger partial charge on any atom is -0.491 e. The molecule has 31 heavy (non-hydrogen) atoms. The van der Waals surface area contributed by atoms with Gasteiger partial charge >= 0.3 is 0 Å². The molecule has 2 rings (SSSR count). The van der Waals surface area contributed by atoms with Crippen LogP contribution < -0.4 is 9.47 Å². The van der Waals surface area contributed by atoms with Gasteiger partial charge in [0.2, 0.25) is 0 Å². The van der Waals surface area contributed by atoms with Gasteiger partial charge in [-0.2, -0.15) is 0 Å². The van der Waals surface area contributed by atoms with Gasteiger partial charge in [-0.15, -0.1) is 0 Å². The summed E-state index contributed by atoms with van der Waals surface area (Å²) in [6.07, 6.45) is 9.64. The predicted octanol–water partition coefficient (Wildman–Crippen LogP) is 6.91. The van der Waals surface area contributed by atoms with Gasteiger partial charge in [-0.25, -0.2) is 0 Å². The summed E-state index contributed by atoms with van der Waals surface area (Å²) in [4.78, 5) is 0. The molecule has 0 aliphatic heterocycles. The Labute approximate surface area is 192 Å². The second-order valence-corrected chi connectivity index (χ2v) is 8.77. The van der Waals surface area contributed by atoms with Crippen molar-refractivity contribution in [3.63, 3.8) is 0 Å². The third kappa shape index (κ3) is 9.26.